The third-order valence-electron chi connectivity index (χ3n) is 8.09. The number of fused-ring (bicyclic) bond motifs is 4. The molecule has 1 aromatic rings. The summed E-state index contributed by atoms with van der Waals surface area (Å²) in [4.78, 5) is 18.4. The highest BCUT2D eigenvalue weighted by atomic mass is 28.4. The molecule has 0 radical (unpaired) electrons. The molecule has 0 bridgehead atoms. The van der Waals surface area contributed by atoms with E-state index in [4.69, 9.17) is 18.9 Å². The molecule has 0 amide bonds. The first-order valence-corrected chi connectivity index (χ1v) is 15.1. The summed E-state index contributed by atoms with van der Waals surface area (Å²) in [5, 5.41) is 0.103. The predicted octanol–water partition coefficient (Wildman–Crippen LogP) is 6.42. The summed E-state index contributed by atoms with van der Waals surface area (Å²) in [5.74, 6) is -0.0572. The van der Waals surface area contributed by atoms with Crippen LogP contribution in [0.2, 0.25) is 18.1 Å². The average Bonchev–Trinajstić information content (AvgIpc) is 2.91. The van der Waals surface area contributed by atoms with Crippen LogP contribution in [0.5, 0.6) is 0 Å². The van der Waals surface area contributed by atoms with Gasteiger partial charge in [0.25, 0.3) is 0 Å². The standard InChI is InChI=1S/C26H41NO4Si/c1-16(2)22-20-21(26(30-23(20)28)10-12-29-13-11-26)19-17(27-22)14-25(6,7)15-18(19)31-32(8,9)24(3,4)5/h16,18H,10-15H2,1-9H3. The smallest absolute Gasteiger partial charge is 0.341 e. The molecule has 1 fully saturated rings. The van der Waals surface area contributed by atoms with Gasteiger partial charge in [-0.3, -0.25) is 4.98 Å². The Kier molecular flexibility index (Phi) is 5.71. The zero-order valence-corrected chi connectivity index (χ0v) is 22.5. The number of rotatable bonds is 3. The molecule has 0 aromatic carbocycles. The van der Waals surface area contributed by atoms with E-state index in [0.29, 0.717) is 31.6 Å². The molecule has 3 heterocycles. The van der Waals surface area contributed by atoms with Crippen LogP contribution in [-0.2, 0) is 25.9 Å². The Hall–Kier alpha value is -1.24. The molecule has 0 saturated carbocycles. The number of hydrogen-bond donors (Lipinski definition) is 0. The molecule has 5 nitrogen and oxygen atoms in total. The molecule has 0 N–H and O–H groups in total. The highest BCUT2D eigenvalue weighted by molar-refractivity contribution is 6.74. The molecule has 6 heteroatoms. The van der Waals surface area contributed by atoms with Gasteiger partial charge in [-0.2, -0.15) is 0 Å². The second kappa shape index (κ2) is 7.64. The number of hydrogen-bond acceptors (Lipinski definition) is 5. The normalized spacial score (nSPS) is 24.4. The number of esters is 1. The zero-order valence-electron chi connectivity index (χ0n) is 21.5. The summed E-state index contributed by atoms with van der Waals surface area (Å²) < 4.78 is 19.0. The summed E-state index contributed by atoms with van der Waals surface area (Å²) in [6.07, 6.45) is 3.17. The van der Waals surface area contributed by atoms with Gasteiger partial charge >= 0.3 is 5.97 Å². The van der Waals surface area contributed by atoms with Crippen LogP contribution in [0.25, 0.3) is 0 Å². The molecule has 1 atom stereocenters. The molecule has 1 spiro atoms. The molecule has 2 aliphatic heterocycles. The van der Waals surface area contributed by atoms with Crippen LogP contribution in [0, 0.1) is 5.41 Å². The van der Waals surface area contributed by atoms with Crippen molar-refractivity contribution in [2.24, 2.45) is 5.41 Å². The summed E-state index contributed by atoms with van der Waals surface area (Å²) >= 11 is 0. The minimum Gasteiger partial charge on any atom is -0.450 e. The molecule has 4 rings (SSSR count). The van der Waals surface area contributed by atoms with Crippen molar-refractivity contribution in [1.82, 2.24) is 4.98 Å². The van der Waals surface area contributed by atoms with Gasteiger partial charge in [-0.25, -0.2) is 4.79 Å². The summed E-state index contributed by atoms with van der Waals surface area (Å²) in [7, 11) is -2.05. The van der Waals surface area contributed by atoms with Crippen molar-refractivity contribution in [2.75, 3.05) is 13.2 Å². The fraction of sp³-hybridized carbons (Fsp3) is 0.769. The van der Waals surface area contributed by atoms with E-state index in [0.717, 1.165) is 35.4 Å². The monoisotopic (exact) mass is 459 g/mol. The first kappa shape index (κ1) is 23.9. The lowest BCUT2D eigenvalue weighted by Gasteiger charge is -2.46. The predicted molar refractivity (Wildman–Crippen MR) is 129 cm³/mol. The molecule has 1 aromatic heterocycles. The lowest BCUT2D eigenvalue weighted by atomic mass is 9.70. The zero-order chi connectivity index (χ0) is 23.7. The van der Waals surface area contributed by atoms with Crippen molar-refractivity contribution in [3.63, 3.8) is 0 Å². The van der Waals surface area contributed by atoms with Crippen molar-refractivity contribution >= 4 is 14.3 Å². The van der Waals surface area contributed by atoms with Crippen molar-refractivity contribution < 1.29 is 18.7 Å². The maximum absolute atomic E-state index is 13.3. The van der Waals surface area contributed by atoms with Crippen LogP contribution in [0.4, 0.5) is 0 Å². The highest BCUT2D eigenvalue weighted by Crippen LogP contribution is 2.55. The minimum absolute atomic E-state index is 0.0636. The number of pyridine rings is 1. The van der Waals surface area contributed by atoms with Gasteiger partial charge in [0.15, 0.2) is 8.32 Å². The Morgan fingerprint density at radius 2 is 1.78 bits per heavy atom. The van der Waals surface area contributed by atoms with E-state index in [1.165, 1.54) is 0 Å². The van der Waals surface area contributed by atoms with E-state index >= 15 is 0 Å². The fourth-order valence-corrected chi connectivity index (χ4v) is 6.61. The van der Waals surface area contributed by atoms with Gasteiger partial charge in [-0.1, -0.05) is 48.5 Å². The van der Waals surface area contributed by atoms with Crippen LogP contribution >= 0.6 is 0 Å². The van der Waals surface area contributed by atoms with E-state index in [9.17, 15) is 4.79 Å². The molecule has 32 heavy (non-hydrogen) atoms. The largest absolute Gasteiger partial charge is 0.450 e. The third kappa shape index (κ3) is 3.86. The first-order chi connectivity index (χ1) is 14.7. The van der Waals surface area contributed by atoms with Crippen molar-refractivity contribution in [3.8, 4) is 0 Å². The molecular weight excluding hydrogens is 418 g/mol. The van der Waals surface area contributed by atoms with Crippen LogP contribution in [0.3, 0.4) is 0 Å². The number of carbonyl (C=O) groups excluding carboxylic acids is 1. The molecule has 1 aliphatic carbocycles. The highest BCUT2D eigenvalue weighted by Gasteiger charge is 2.53. The molecule has 3 aliphatic rings. The molecule has 1 saturated heterocycles. The second-order valence-corrected chi connectivity index (χ2v) is 17.4. The number of nitrogens with zero attached hydrogens (tertiary/aromatic N) is 1. The Bertz CT molecular complexity index is 923. The second-order valence-electron chi connectivity index (χ2n) is 12.7. The molecule has 178 valence electrons. The molecular formula is C26H41NO4Si. The quantitative estimate of drug-likeness (QED) is 0.386. The Morgan fingerprint density at radius 1 is 1.16 bits per heavy atom. The van der Waals surface area contributed by atoms with Crippen LogP contribution in [0.1, 0.15) is 113 Å². The van der Waals surface area contributed by atoms with Crippen molar-refractivity contribution in [1.29, 1.82) is 0 Å². The third-order valence-corrected chi connectivity index (χ3v) is 12.6. The topological polar surface area (TPSA) is 57.7 Å². The van der Waals surface area contributed by atoms with Crippen LogP contribution in [-0.4, -0.2) is 32.5 Å². The Balaban J connectivity index is 1.97. The van der Waals surface area contributed by atoms with Gasteiger partial charge in [0.05, 0.1) is 30.6 Å². The summed E-state index contributed by atoms with van der Waals surface area (Å²) in [6.45, 7) is 21.6. The maximum Gasteiger partial charge on any atom is 0.341 e. The summed E-state index contributed by atoms with van der Waals surface area (Å²) in [5.41, 5.74) is 4.43. The average molecular weight is 460 g/mol. The maximum atomic E-state index is 13.3. The molecule has 1 unspecified atom stereocenters. The van der Waals surface area contributed by atoms with Gasteiger partial charge in [-0.05, 0) is 42.3 Å². The van der Waals surface area contributed by atoms with Gasteiger partial charge in [0.2, 0.25) is 0 Å². The van der Waals surface area contributed by atoms with E-state index in [2.05, 4.69) is 61.6 Å². The van der Waals surface area contributed by atoms with Gasteiger partial charge < -0.3 is 13.9 Å². The van der Waals surface area contributed by atoms with Crippen molar-refractivity contribution in [3.05, 3.63) is 28.1 Å². The van der Waals surface area contributed by atoms with Gasteiger partial charge in [0, 0.05) is 29.7 Å². The Labute approximate surface area is 194 Å². The fourth-order valence-electron chi connectivity index (χ4n) is 5.34. The van der Waals surface area contributed by atoms with Crippen LogP contribution in [0.15, 0.2) is 0 Å². The van der Waals surface area contributed by atoms with Crippen molar-refractivity contribution in [2.45, 2.75) is 110 Å². The summed E-state index contributed by atoms with van der Waals surface area (Å²) in [6, 6.07) is 0. The van der Waals surface area contributed by atoms with Gasteiger partial charge in [-0.15, -0.1) is 0 Å². The first-order valence-electron chi connectivity index (χ1n) is 12.2. The SMILES string of the molecule is CC(C)c1nc2c(c3c1C(=O)OC31CCOCC1)C(O[Si](C)(C)C(C)(C)C)CC(C)(C)C2. The number of carbonyl (C=O) groups is 1. The number of ether oxygens (including phenoxy) is 2. The lowest BCUT2D eigenvalue weighted by molar-refractivity contribution is -0.0748. The minimum atomic E-state index is -2.05. The van der Waals surface area contributed by atoms with Gasteiger partial charge in [0.1, 0.15) is 5.60 Å². The lowest BCUT2D eigenvalue weighted by Crippen LogP contribution is -2.45. The van der Waals surface area contributed by atoms with E-state index in [1.54, 1.807) is 0 Å². The van der Waals surface area contributed by atoms with E-state index in [1.807, 2.05) is 0 Å². The van der Waals surface area contributed by atoms with Crippen LogP contribution < -0.4 is 0 Å². The number of aromatic nitrogens is 1. The Morgan fingerprint density at radius 3 is 2.34 bits per heavy atom. The van der Waals surface area contributed by atoms with E-state index in [-0.39, 0.29) is 28.4 Å². The van der Waals surface area contributed by atoms with E-state index < -0.39 is 13.9 Å².